The molecule has 0 saturated carbocycles. The van der Waals surface area contributed by atoms with Crippen molar-refractivity contribution in [2.75, 3.05) is 0 Å². The number of hydrogen-bond donors (Lipinski definition) is 0. The average Bonchev–Trinajstić information content (AvgIpc) is 3.24. The first-order chi connectivity index (χ1) is 25.8. The third-order valence-corrected chi connectivity index (χ3v) is 9.91. The van der Waals surface area contributed by atoms with Gasteiger partial charge in [0.05, 0.1) is 11.0 Å². The summed E-state index contributed by atoms with van der Waals surface area (Å²) in [6.45, 7) is 8.00. The third-order valence-electron chi connectivity index (χ3n) is 9.91. The summed E-state index contributed by atoms with van der Waals surface area (Å²) in [5.41, 5.74) is 9.12. The van der Waals surface area contributed by atoms with E-state index in [0.717, 1.165) is 38.3 Å². The molecule has 2 heteroatoms. The number of fused-ring (bicyclic) bond motifs is 10. The Labute approximate surface area is 305 Å². The van der Waals surface area contributed by atoms with Crippen molar-refractivity contribution < 1.29 is 0 Å². The van der Waals surface area contributed by atoms with E-state index in [9.17, 15) is 0 Å². The summed E-state index contributed by atoms with van der Waals surface area (Å²) in [5.74, 6) is 0. The highest BCUT2D eigenvalue weighted by atomic mass is 14.7. The van der Waals surface area contributed by atoms with Gasteiger partial charge in [0, 0.05) is 39.7 Å². The Morgan fingerprint density at radius 3 is 1.52 bits per heavy atom. The molecule has 0 aliphatic rings. The number of para-hydroxylation sites is 1. The lowest BCUT2D eigenvalue weighted by molar-refractivity contribution is 1.33. The summed E-state index contributed by atoms with van der Waals surface area (Å²) >= 11 is 0. The van der Waals surface area contributed by atoms with Crippen LogP contribution in [0.25, 0.3) is 98.3 Å². The van der Waals surface area contributed by atoms with Crippen molar-refractivity contribution in [2.24, 2.45) is 0 Å². The molecule has 0 bridgehead atoms. The lowest BCUT2D eigenvalue weighted by Crippen LogP contribution is -1.91. The molecular weight excluding hydrogens is 629 g/mol. The van der Waals surface area contributed by atoms with Gasteiger partial charge in [-0.1, -0.05) is 161 Å². The molecule has 0 saturated heterocycles. The van der Waals surface area contributed by atoms with Crippen LogP contribution in [0.1, 0.15) is 27.7 Å². The zero-order chi connectivity index (χ0) is 35.6. The van der Waals surface area contributed by atoms with Crippen LogP contribution in [0.2, 0.25) is 0 Å². The van der Waals surface area contributed by atoms with Gasteiger partial charge in [-0.25, -0.2) is 4.98 Å². The maximum atomic E-state index is 5.22. The summed E-state index contributed by atoms with van der Waals surface area (Å²) < 4.78 is 0. The van der Waals surface area contributed by atoms with E-state index in [2.05, 4.69) is 157 Å². The predicted octanol–water partition coefficient (Wildman–Crippen LogP) is 14.4. The Kier molecular flexibility index (Phi) is 8.89. The standard InChI is InChI=1S/C46H28N2.2C2H6/c1-2-11-38-36(9-1)37-10-3-4-12-39(37)43-27-32(20-23-40(38)43)29-15-17-30(18-16-29)45-41-13-5-6-14-44(41)48-46-35-22-19-31(34-8-7-25-47-28-34)26-33(35)21-24-42(45)46;2*1-2/h1-28H;2*1-2H3. The topological polar surface area (TPSA) is 25.8 Å². The summed E-state index contributed by atoms with van der Waals surface area (Å²) in [4.78, 5) is 9.54. The maximum absolute atomic E-state index is 5.22. The second-order valence-corrected chi connectivity index (χ2v) is 12.6. The monoisotopic (exact) mass is 668 g/mol. The van der Waals surface area contributed by atoms with Crippen LogP contribution < -0.4 is 0 Å². The van der Waals surface area contributed by atoms with Crippen LogP contribution in [0.15, 0.2) is 170 Å². The quantitative estimate of drug-likeness (QED) is 0.138. The number of nitrogens with zero attached hydrogens (tertiary/aromatic N) is 2. The van der Waals surface area contributed by atoms with E-state index in [1.54, 1.807) is 0 Å². The molecule has 10 rings (SSSR count). The first-order valence-corrected chi connectivity index (χ1v) is 18.4. The van der Waals surface area contributed by atoms with Gasteiger partial charge in [0.1, 0.15) is 0 Å². The lowest BCUT2D eigenvalue weighted by Gasteiger charge is -2.15. The van der Waals surface area contributed by atoms with Crippen LogP contribution in [0.5, 0.6) is 0 Å². The van der Waals surface area contributed by atoms with Gasteiger partial charge in [0.25, 0.3) is 0 Å². The van der Waals surface area contributed by atoms with Gasteiger partial charge in [-0.05, 0) is 84.2 Å². The fourth-order valence-corrected chi connectivity index (χ4v) is 7.62. The molecule has 2 heterocycles. The Morgan fingerprint density at radius 2 is 0.865 bits per heavy atom. The van der Waals surface area contributed by atoms with Crippen molar-refractivity contribution in [3.63, 3.8) is 0 Å². The van der Waals surface area contributed by atoms with Gasteiger partial charge in [0.15, 0.2) is 0 Å². The highest BCUT2D eigenvalue weighted by molar-refractivity contribution is 6.26. The summed E-state index contributed by atoms with van der Waals surface area (Å²) in [7, 11) is 0. The smallest absolute Gasteiger partial charge is 0.0794 e. The van der Waals surface area contributed by atoms with Crippen LogP contribution in [-0.2, 0) is 0 Å². The maximum Gasteiger partial charge on any atom is 0.0794 e. The molecule has 0 radical (unpaired) electrons. The minimum absolute atomic E-state index is 1.00. The number of hydrogen-bond acceptors (Lipinski definition) is 2. The van der Waals surface area contributed by atoms with Gasteiger partial charge in [-0.3, -0.25) is 4.98 Å². The fraction of sp³-hybridized carbons (Fsp3) is 0.0800. The molecular formula is C50H40N2. The second kappa shape index (κ2) is 14.1. The SMILES string of the molecule is CC.CC.c1cncc(-c2ccc3c(ccc4c(-c5ccc(-c6ccc7c8ccccc8c8ccccc8c7c6)cc5)c5ccccc5nc43)c2)c1. The minimum Gasteiger partial charge on any atom is -0.264 e. The molecule has 0 aliphatic heterocycles. The number of aromatic nitrogens is 2. The first-order valence-electron chi connectivity index (χ1n) is 18.4. The fourth-order valence-electron chi connectivity index (χ4n) is 7.62. The number of pyridine rings is 2. The first kappa shape index (κ1) is 32.8. The van der Waals surface area contributed by atoms with Crippen LogP contribution in [0.3, 0.4) is 0 Å². The zero-order valence-electron chi connectivity index (χ0n) is 30.1. The van der Waals surface area contributed by atoms with Gasteiger partial charge < -0.3 is 0 Å². The van der Waals surface area contributed by atoms with Crippen LogP contribution in [0.4, 0.5) is 0 Å². The van der Waals surface area contributed by atoms with Gasteiger partial charge in [-0.15, -0.1) is 0 Å². The van der Waals surface area contributed by atoms with Gasteiger partial charge >= 0.3 is 0 Å². The molecule has 0 aliphatic carbocycles. The Morgan fingerprint density at radius 1 is 0.346 bits per heavy atom. The second-order valence-electron chi connectivity index (χ2n) is 12.6. The Bertz CT molecular complexity index is 2840. The molecule has 250 valence electrons. The molecule has 0 N–H and O–H groups in total. The highest BCUT2D eigenvalue weighted by Gasteiger charge is 2.15. The van der Waals surface area contributed by atoms with Crippen molar-refractivity contribution in [3.05, 3.63) is 170 Å². The normalized spacial score (nSPS) is 11.1. The van der Waals surface area contributed by atoms with Crippen LogP contribution in [0, 0.1) is 0 Å². The van der Waals surface area contributed by atoms with Crippen molar-refractivity contribution >= 4 is 64.9 Å². The molecule has 2 nitrogen and oxygen atoms in total. The largest absolute Gasteiger partial charge is 0.264 e. The van der Waals surface area contributed by atoms with Crippen molar-refractivity contribution in [2.45, 2.75) is 27.7 Å². The Balaban J connectivity index is 0.000000937. The summed E-state index contributed by atoms with van der Waals surface area (Å²) in [5, 5.41) is 12.4. The predicted molar refractivity (Wildman–Crippen MR) is 226 cm³/mol. The molecule has 10 aromatic rings. The van der Waals surface area contributed by atoms with Gasteiger partial charge in [0.2, 0.25) is 0 Å². The highest BCUT2D eigenvalue weighted by Crippen LogP contribution is 2.40. The molecule has 0 spiro atoms. The van der Waals surface area contributed by atoms with E-state index in [-0.39, 0.29) is 0 Å². The van der Waals surface area contributed by atoms with Crippen LogP contribution >= 0.6 is 0 Å². The summed E-state index contributed by atoms with van der Waals surface area (Å²) in [6.07, 6.45) is 3.73. The molecule has 0 fully saturated rings. The van der Waals surface area contributed by atoms with Crippen molar-refractivity contribution in [1.29, 1.82) is 0 Å². The van der Waals surface area contributed by atoms with Crippen LogP contribution in [-0.4, -0.2) is 9.97 Å². The number of rotatable bonds is 3. The molecule has 52 heavy (non-hydrogen) atoms. The van der Waals surface area contributed by atoms with E-state index in [0.29, 0.717) is 0 Å². The van der Waals surface area contributed by atoms with E-state index in [4.69, 9.17) is 4.98 Å². The zero-order valence-corrected chi connectivity index (χ0v) is 30.1. The lowest BCUT2D eigenvalue weighted by atomic mass is 9.90. The minimum atomic E-state index is 1.00. The molecule has 0 unspecified atom stereocenters. The molecule has 0 atom stereocenters. The van der Waals surface area contributed by atoms with Gasteiger partial charge in [-0.2, -0.15) is 0 Å². The summed E-state index contributed by atoms with van der Waals surface area (Å²) in [6, 6.07) is 57.2. The van der Waals surface area contributed by atoms with E-state index in [1.807, 2.05) is 46.2 Å². The van der Waals surface area contributed by atoms with E-state index >= 15 is 0 Å². The third kappa shape index (κ3) is 5.54. The van der Waals surface area contributed by atoms with E-state index in [1.165, 1.54) is 60.0 Å². The molecule has 2 aromatic heterocycles. The average molecular weight is 669 g/mol. The molecule has 0 amide bonds. The molecule has 8 aromatic carbocycles. The Hall–Kier alpha value is -6.38. The van der Waals surface area contributed by atoms with E-state index < -0.39 is 0 Å². The van der Waals surface area contributed by atoms with Crippen molar-refractivity contribution in [3.8, 4) is 33.4 Å². The van der Waals surface area contributed by atoms with Crippen molar-refractivity contribution in [1.82, 2.24) is 9.97 Å². The number of benzene rings is 8.